The third-order valence-electron chi connectivity index (χ3n) is 4.52. The number of amides is 2. The molecule has 3 aromatic carbocycles. The molecule has 0 spiro atoms. The van der Waals surface area contributed by atoms with Gasteiger partial charge in [0, 0.05) is 29.4 Å². The summed E-state index contributed by atoms with van der Waals surface area (Å²) in [5.74, 6) is -0.194. The highest BCUT2D eigenvalue weighted by atomic mass is 35.5. The van der Waals surface area contributed by atoms with Crippen LogP contribution in [0, 0.1) is 0 Å². The zero-order valence-corrected chi connectivity index (χ0v) is 17.3. The van der Waals surface area contributed by atoms with E-state index in [2.05, 4.69) is 16.0 Å². The molecular formula is C24H24ClN3O2. The van der Waals surface area contributed by atoms with Crippen LogP contribution >= 0.6 is 11.6 Å². The molecule has 0 fully saturated rings. The van der Waals surface area contributed by atoms with Crippen molar-refractivity contribution in [3.8, 4) is 0 Å². The third kappa shape index (κ3) is 6.94. The summed E-state index contributed by atoms with van der Waals surface area (Å²) in [6, 6.07) is 24.6. The quantitative estimate of drug-likeness (QED) is 0.471. The molecule has 0 unspecified atom stereocenters. The van der Waals surface area contributed by atoms with Gasteiger partial charge in [0.15, 0.2) is 0 Å². The second-order valence-corrected chi connectivity index (χ2v) is 7.24. The lowest BCUT2D eigenvalue weighted by atomic mass is 10.1. The minimum Gasteiger partial charge on any atom is -0.376 e. The Balaban J connectivity index is 1.43. The van der Waals surface area contributed by atoms with Gasteiger partial charge in [0.05, 0.1) is 6.54 Å². The van der Waals surface area contributed by atoms with Gasteiger partial charge in [-0.1, -0.05) is 66.2 Å². The van der Waals surface area contributed by atoms with E-state index in [4.69, 9.17) is 11.6 Å². The van der Waals surface area contributed by atoms with Gasteiger partial charge in [0.25, 0.3) is 0 Å². The van der Waals surface area contributed by atoms with Crippen LogP contribution in [0.4, 0.5) is 11.4 Å². The average molecular weight is 422 g/mol. The number of carbonyl (C=O) groups is 2. The van der Waals surface area contributed by atoms with E-state index in [1.165, 1.54) is 0 Å². The average Bonchev–Trinajstić information content (AvgIpc) is 2.77. The van der Waals surface area contributed by atoms with Gasteiger partial charge in [0.2, 0.25) is 11.8 Å². The van der Waals surface area contributed by atoms with Crippen molar-refractivity contribution in [2.24, 2.45) is 0 Å². The lowest BCUT2D eigenvalue weighted by Gasteiger charge is -2.11. The highest BCUT2D eigenvalue weighted by molar-refractivity contribution is 6.31. The Morgan fingerprint density at radius 3 is 2.33 bits per heavy atom. The van der Waals surface area contributed by atoms with Gasteiger partial charge in [-0.15, -0.1) is 0 Å². The molecule has 3 rings (SSSR count). The van der Waals surface area contributed by atoms with Crippen molar-refractivity contribution in [1.29, 1.82) is 0 Å². The van der Waals surface area contributed by atoms with E-state index in [9.17, 15) is 9.59 Å². The Hall–Kier alpha value is -3.31. The molecule has 30 heavy (non-hydrogen) atoms. The topological polar surface area (TPSA) is 70.2 Å². The summed E-state index contributed by atoms with van der Waals surface area (Å²) in [6.45, 7) is 0.494. The van der Waals surface area contributed by atoms with Crippen LogP contribution in [0.15, 0.2) is 78.9 Å². The van der Waals surface area contributed by atoms with Gasteiger partial charge in [-0.25, -0.2) is 0 Å². The Bertz CT molecular complexity index is 993. The zero-order valence-electron chi connectivity index (χ0n) is 16.5. The first-order valence-corrected chi connectivity index (χ1v) is 10.2. The van der Waals surface area contributed by atoms with Gasteiger partial charge in [0.1, 0.15) is 0 Å². The number of carbonyl (C=O) groups excluding carboxylic acids is 2. The summed E-state index contributed by atoms with van der Waals surface area (Å²) in [6.07, 6.45) is 1.10. The van der Waals surface area contributed by atoms with E-state index < -0.39 is 0 Å². The molecule has 0 aliphatic heterocycles. The minimum absolute atomic E-state index is 0.0477. The zero-order chi connectivity index (χ0) is 21.2. The number of nitrogens with one attached hydrogen (secondary N) is 3. The smallest absolute Gasteiger partial charge is 0.239 e. The molecular weight excluding hydrogens is 398 g/mol. The van der Waals surface area contributed by atoms with Crippen molar-refractivity contribution < 1.29 is 9.59 Å². The predicted octanol–water partition coefficient (Wildman–Crippen LogP) is 4.64. The van der Waals surface area contributed by atoms with E-state index in [1.54, 1.807) is 6.07 Å². The summed E-state index contributed by atoms with van der Waals surface area (Å²) >= 11 is 6.10. The number of benzene rings is 3. The number of rotatable bonds is 9. The molecule has 0 atom stereocenters. The van der Waals surface area contributed by atoms with Crippen LogP contribution in [0.25, 0.3) is 0 Å². The van der Waals surface area contributed by atoms with Crippen LogP contribution in [0.2, 0.25) is 5.02 Å². The van der Waals surface area contributed by atoms with Crippen LogP contribution in [0.3, 0.4) is 0 Å². The van der Waals surface area contributed by atoms with E-state index in [1.807, 2.05) is 72.8 Å². The maximum atomic E-state index is 12.2. The first kappa shape index (κ1) is 21.4. The van der Waals surface area contributed by atoms with Gasteiger partial charge in [-0.2, -0.15) is 0 Å². The van der Waals surface area contributed by atoms with E-state index in [0.717, 1.165) is 16.8 Å². The van der Waals surface area contributed by atoms with E-state index in [0.29, 0.717) is 30.1 Å². The number of anilines is 2. The van der Waals surface area contributed by atoms with Crippen molar-refractivity contribution in [2.45, 2.75) is 19.4 Å². The van der Waals surface area contributed by atoms with Gasteiger partial charge in [-0.3, -0.25) is 9.59 Å². The first-order valence-electron chi connectivity index (χ1n) is 9.78. The Kier molecular flexibility index (Phi) is 7.86. The standard InChI is InChI=1S/C24H24ClN3O2/c25-22-12-5-4-9-19(22)16-27-24(30)17-26-20-10-6-11-21(15-20)28-23(29)14-13-18-7-2-1-3-8-18/h1-12,15,26H,13-14,16-17H2,(H,27,30)(H,28,29). The van der Waals surface area contributed by atoms with Crippen LogP contribution < -0.4 is 16.0 Å². The normalized spacial score (nSPS) is 10.3. The fourth-order valence-electron chi connectivity index (χ4n) is 2.91. The van der Waals surface area contributed by atoms with Crippen LogP contribution in [-0.2, 0) is 22.6 Å². The number of halogens is 1. The van der Waals surface area contributed by atoms with Gasteiger partial charge < -0.3 is 16.0 Å². The molecule has 3 aromatic rings. The Morgan fingerprint density at radius 1 is 0.800 bits per heavy atom. The highest BCUT2D eigenvalue weighted by Gasteiger charge is 2.06. The minimum atomic E-state index is -0.146. The molecule has 5 nitrogen and oxygen atoms in total. The molecule has 0 radical (unpaired) electrons. The summed E-state index contributed by atoms with van der Waals surface area (Å²) < 4.78 is 0. The third-order valence-corrected chi connectivity index (χ3v) is 4.89. The monoisotopic (exact) mass is 421 g/mol. The van der Waals surface area contributed by atoms with Gasteiger partial charge in [-0.05, 0) is 41.8 Å². The number of hydrogen-bond donors (Lipinski definition) is 3. The fourth-order valence-corrected chi connectivity index (χ4v) is 3.12. The SMILES string of the molecule is O=C(CNc1cccc(NC(=O)CCc2ccccc2)c1)NCc1ccccc1Cl. The van der Waals surface area contributed by atoms with Crippen molar-refractivity contribution in [3.63, 3.8) is 0 Å². The Labute approximate surface area is 181 Å². The molecule has 3 N–H and O–H groups in total. The maximum absolute atomic E-state index is 12.2. The number of aryl methyl sites for hydroxylation is 1. The van der Waals surface area contributed by atoms with Crippen molar-refractivity contribution in [2.75, 3.05) is 17.2 Å². The second kappa shape index (κ2) is 11.0. The summed E-state index contributed by atoms with van der Waals surface area (Å²) in [7, 11) is 0. The molecule has 0 bridgehead atoms. The molecule has 0 aromatic heterocycles. The van der Waals surface area contributed by atoms with Crippen LogP contribution in [0.1, 0.15) is 17.5 Å². The highest BCUT2D eigenvalue weighted by Crippen LogP contribution is 2.16. The lowest BCUT2D eigenvalue weighted by Crippen LogP contribution is -2.29. The largest absolute Gasteiger partial charge is 0.376 e. The summed E-state index contributed by atoms with van der Waals surface area (Å²) in [4.78, 5) is 24.3. The van der Waals surface area contributed by atoms with Crippen LogP contribution in [0.5, 0.6) is 0 Å². The lowest BCUT2D eigenvalue weighted by molar-refractivity contribution is -0.119. The predicted molar refractivity (Wildman–Crippen MR) is 122 cm³/mol. The fraction of sp³-hybridized carbons (Fsp3) is 0.167. The number of hydrogen-bond acceptors (Lipinski definition) is 3. The van der Waals surface area contributed by atoms with E-state index >= 15 is 0 Å². The molecule has 0 aliphatic carbocycles. The first-order chi connectivity index (χ1) is 14.6. The van der Waals surface area contributed by atoms with Crippen LogP contribution in [-0.4, -0.2) is 18.4 Å². The Morgan fingerprint density at radius 2 is 1.53 bits per heavy atom. The molecule has 0 heterocycles. The molecule has 6 heteroatoms. The van der Waals surface area contributed by atoms with Crippen molar-refractivity contribution in [3.05, 3.63) is 95.0 Å². The molecule has 154 valence electrons. The summed E-state index contributed by atoms with van der Waals surface area (Å²) in [5, 5.41) is 9.43. The van der Waals surface area contributed by atoms with Gasteiger partial charge >= 0.3 is 0 Å². The summed E-state index contributed by atoms with van der Waals surface area (Å²) in [5.41, 5.74) is 3.44. The van der Waals surface area contributed by atoms with E-state index in [-0.39, 0.29) is 18.4 Å². The second-order valence-electron chi connectivity index (χ2n) is 6.84. The molecule has 0 aliphatic rings. The van der Waals surface area contributed by atoms with Crippen molar-refractivity contribution >= 4 is 34.8 Å². The maximum Gasteiger partial charge on any atom is 0.239 e. The molecule has 0 saturated heterocycles. The molecule has 0 saturated carbocycles. The van der Waals surface area contributed by atoms with Crippen molar-refractivity contribution in [1.82, 2.24) is 5.32 Å². The molecule has 2 amide bonds.